The highest BCUT2D eigenvalue weighted by Gasteiger charge is 2.48. The van der Waals surface area contributed by atoms with E-state index in [0.717, 1.165) is 18.4 Å². The molecule has 0 bridgehead atoms. The normalized spacial score (nSPS) is 15.2. The molecular weight excluding hydrogens is 468 g/mol. The zero-order valence-corrected chi connectivity index (χ0v) is 20.9. The fourth-order valence-electron chi connectivity index (χ4n) is 3.51. The Hall–Kier alpha value is -3.44. The maximum absolute atomic E-state index is 13.2. The van der Waals surface area contributed by atoms with Crippen LogP contribution in [0.4, 0.5) is 11.6 Å². The van der Waals surface area contributed by atoms with Crippen LogP contribution < -0.4 is 14.4 Å². The Morgan fingerprint density at radius 1 is 1.20 bits per heavy atom. The molecule has 184 valence electrons. The Kier molecular flexibility index (Phi) is 6.82. The average molecular weight is 497 g/mol. The molecule has 1 saturated carbocycles. The zero-order chi connectivity index (χ0) is 25.2. The van der Waals surface area contributed by atoms with Gasteiger partial charge in [-0.25, -0.2) is 23.5 Å². The van der Waals surface area contributed by atoms with Crippen LogP contribution in [-0.4, -0.2) is 46.8 Å². The van der Waals surface area contributed by atoms with Crippen LogP contribution in [0.1, 0.15) is 46.2 Å². The van der Waals surface area contributed by atoms with E-state index in [-0.39, 0.29) is 11.9 Å². The van der Waals surface area contributed by atoms with Crippen molar-refractivity contribution in [2.75, 3.05) is 16.2 Å². The van der Waals surface area contributed by atoms with E-state index in [9.17, 15) is 13.6 Å². The van der Waals surface area contributed by atoms with Crippen LogP contribution in [0.5, 0.6) is 5.88 Å². The second-order valence-electron chi connectivity index (χ2n) is 9.10. The molecule has 1 amide bonds. The van der Waals surface area contributed by atoms with Crippen LogP contribution in [0, 0.1) is 0 Å². The molecular formula is C24H28N6O4S. The predicted molar refractivity (Wildman–Crippen MR) is 133 cm³/mol. The summed E-state index contributed by atoms with van der Waals surface area (Å²) < 4.78 is 28.5. The first-order valence-corrected chi connectivity index (χ1v) is 12.3. The van der Waals surface area contributed by atoms with E-state index in [2.05, 4.69) is 25.3 Å². The number of anilines is 2. The Labute approximate surface area is 206 Å². The van der Waals surface area contributed by atoms with Crippen molar-refractivity contribution in [3.8, 4) is 17.1 Å². The summed E-state index contributed by atoms with van der Waals surface area (Å²) in [7, 11) is 0. The summed E-state index contributed by atoms with van der Waals surface area (Å²) in [6, 6.07) is 8.90. The zero-order valence-electron chi connectivity index (χ0n) is 20.1. The van der Waals surface area contributed by atoms with Gasteiger partial charge in [0, 0.05) is 17.4 Å². The van der Waals surface area contributed by atoms with Crippen LogP contribution in [0.25, 0.3) is 11.3 Å². The van der Waals surface area contributed by atoms with Crippen LogP contribution in [0.15, 0.2) is 48.9 Å². The minimum Gasteiger partial charge on any atom is -0.477 e. The van der Waals surface area contributed by atoms with Crippen LogP contribution in [-0.2, 0) is 21.5 Å². The van der Waals surface area contributed by atoms with Gasteiger partial charge in [-0.1, -0.05) is 12.1 Å². The van der Waals surface area contributed by atoms with E-state index in [1.807, 2.05) is 26.0 Å². The first kappa shape index (κ1) is 24.7. The minimum atomic E-state index is -2.27. The lowest BCUT2D eigenvalue weighted by Gasteiger charge is -2.27. The monoisotopic (exact) mass is 496 g/mol. The largest absolute Gasteiger partial charge is 0.477 e. The number of rotatable bonds is 9. The van der Waals surface area contributed by atoms with Crippen LogP contribution in [0.2, 0.25) is 0 Å². The lowest BCUT2D eigenvalue weighted by atomic mass is 9.88. The number of hydrogen-bond acceptors (Lipinski definition) is 7. The minimum absolute atomic E-state index is 0.129. The average Bonchev–Trinajstić information content (AvgIpc) is 3.57. The molecule has 1 atom stereocenters. The SMILES string of the molecule is CCOc1cncc(-c2ccc(NC(=O)C(C)(C)c3ccnc(N(S(=O)O)C4(C)CC4)n3)cc2)n1. The molecule has 1 aliphatic rings. The molecule has 2 N–H and O–H groups in total. The van der Waals surface area contributed by atoms with E-state index in [4.69, 9.17) is 4.74 Å². The van der Waals surface area contributed by atoms with Crippen molar-refractivity contribution in [1.82, 2.24) is 19.9 Å². The van der Waals surface area contributed by atoms with Crippen molar-refractivity contribution in [1.29, 1.82) is 0 Å². The second kappa shape index (κ2) is 9.67. The smallest absolute Gasteiger partial charge is 0.264 e. The van der Waals surface area contributed by atoms with Crippen molar-refractivity contribution in [2.45, 2.75) is 51.5 Å². The molecule has 2 aromatic heterocycles. The fraction of sp³-hybridized carbons (Fsp3) is 0.375. The number of nitrogens with one attached hydrogen (secondary N) is 1. The number of ether oxygens (including phenoxy) is 1. The first-order chi connectivity index (χ1) is 16.6. The summed E-state index contributed by atoms with van der Waals surface area (Å²) in [6.07, 6.45) is 6.26. The van der Waals surface area contributed by atoms with E-state index in [0.29, 0.717) is 29.6 Å². The maximum atomic E-state index is 13.2. The molecule has 0 saturated heterocycles. The van der Waals surface area contributed by atoms with Gasteiger partial charge < -0.3 is 10.1 Å². The van der Waals surface area contributed by atoms with Gasteiger partial charge in [0.25, 0.3) is 11.3 Å². The van der Waals surface area contributed by atoms with Gasteiger partial charge in [0.15, 0.2) is 0 Å². The molecule has 0 radical (unpaired) electrons. The van der Waals surface area contributed by atoms with Crippen molar-refractivity contribution in [2.24, 2.45) is 0 Å². The summed E-state index contributed by atoms with van der Waals surface area (Å²) in [5, 5.41) is 2.92. The first-order valence-electron chi connectivity index (χ1n) is 11.3. The van der Waals surface area contributed by atoms with E-state index >= 15 is 0 Å². The highest BCUT2D eigenvalue weighted by atomic mass is 32.2. The molecule has 1 aliphatic carbocycles. The van der Waals surface area contributed by atoms with Gasteiger partial charge in [-0.2, -0.15) is 0 Å². The Morgan fingerprint density at radius 3 is 2.54 bits per heavy atom. The number of aromatic nitrogens is 4. The Balaban J connectivity index is 1.51. The molecule has 4 rings (SSSR count). The molecule has 1 fully saturated rings. The third kappa shape index (κ3) is 5.30. The summed E-state index contributed by atoms with van der Waals surface area (Å²) in [4.78, 5) is 30.5. The van der Waals surface area contributed by atoms with Gasteiger partial charge in [0.2, 0.25) is 17.7 Å². The van der Waals surface area contributed by atoms with Crippen molar-refractivity contribution in [3.05, 3.63) is 54.6 Å². The molecule has 1 unspecified atom stereocenters. The lowest BCUT2D eigenvalue weighted by Crippen LogP contribution is -2.39. The number of nitrogens with zero attached hydrogens (tertiary/aromatic N) is 5. The molecule has 11 heteroatoms. The Bertz CT molecular complexity index is 1250. The van der Waals surface area contributed by atoms with Gasteiger partial charge in [-0.3, -0.25) is 14.3 Å². The van der Waals surface area contributed by atoms with E-state index in [1.54, 1.807) is 44.4 Å². The van der Waals surface area contributed by atoms with Crippen molar-refractivity contribution >= 4 is 28.8 Å². The third-order valence-corrected chi connectivity index (χ3v) is 6.91. The summed E-state index contributed by atoms with van der Waals surface area (Å²) in [5.74, 6) is 0.305. The molecule has 10 nitrogen and oxygen atoms in total. The van der Waals surface area contributed by atoms with E-state index in [1.165, 1.54) is 10.5 Å². The molecule has 0 aliphatic heterocycles. The van der Waals surface area contributed by atoms with Gasteiger partial charge in [-0.15, -0.1) is 0 Å². The van der Waals surface area contributed by atoms with Gasteiger partial charge in [0.05, 0.1) is 41.3 Å². The summed E-state index contributed by atoms with van der Waals surface area (Å²) in [6.45, 7) is 7.76. The van der Waals surface area contributed by atoms with Crippen LogP contribution >= 0.6 is 0 Å². The topological polar surface area (TPSA) is 130 Å². The lowest BCUT2D eigenvalue weighted by molar-refractivity contribution is -0.120. The van der Waals surface area contributed by atoms with Crippen LogP contribution in [0.3, 0.4) is 0 Å². The molecule has 35 heavy (non-hydrogen) atoms. The van der Waals surface area contributed by atoms with E-state index < -0.39 is 22.2 Å². The van der Waals surface area contributed by atoms with Gasteiger partial charge in [-0.05, 0) is 58.7 Å². The quantitative estimate of drug-likeness (QED) is 0.429. The summed E-state index contributed by atoms with van der Waals surface area (Å²) >= 11 is -2.27. The van der Waals surface area contributed by atoms with Crippen molar-refractivity contribution in [3.63, 3.8) is 0 Å². The third-order valence-electron chi connectivity index (χ3n) is 6.00. The molecule has 3 aromatic rings. The maximum Gasteiger partial charge on any atom is 0.264 e. The Morgan fingerprint density at radius 2 is 1.91 bits per heavy atom. The standard InChI is InChI=1S/C24H28N6O4S/c1-5-34-20-15-25-14-18(28-20)16-6-8-17(9-7-16)27-21(31)23(2,3)19-10-13-26-22(29-19)30(35(32)33)24(4)11-12-24/h6-10,13-15H,5,11-12H2,1-4H3,(H,27,31)(H,32,33). The van der Waals surface area contributed by atoms with Gasteiger partial charge in [0.1, 0.15) is 0 Å². The second-order valence-corrected chi connectivity index (χ2v) is 9.92. The number of benzene rings is 1. The number of amides is 1. The molecule has 2 heterocycles. The number of hydrogen-bond donors (Lipinski definition) is 2. The number of carbonyl (C=O) groups excluding carboxylic acids is 1. The fourth-order valence-corrected chi connectivity index (χ4v) is 4.30. The highest BCUT2D eigenvalue weighted by Crippen LogP contribution is 2.43. The highest BCUT2D eigenvalue weighted by molar-refractivity contribution is 7.80. The number of carbonyl (C=O) groups is 1. The van der Waals surface area contributed by atoms with Crippen molar-refractivity contribution < 1.29 is 18.3 Å². The van der Waals surface area contributed by atoms with Gasteiger partial charge >= 0.3 is 0 Å². The molecule has 1 aromatic carbocycles. The summed E-state index contributed by atoms with van der Waals surface area (Å²) in [5.41, 5.74) is 1.07. The predicted octanol–water partition coefficient (Wildman–Crippen LogP) is 3.74. The molecule has 0 spiro atoms.